The molecule has 0 saturated heterocycles. The third-order valence-corrected chi connectivity index (χ3v) is 5.15. The molecule has 2 aromatic rings. The largest absolute Gasteiger partial charge is 0.343 e. The van der Waals surface area contributed by atoms with Crippen LogP contribution in [0.3, 0.4) is 0 Å². The van der Waals surface area contributed by atoms with Gasteiger partial charge in [-0.1, -0.05) is 24.9 Å². The van der Waals surface area contributed by atoms with Crippen LogP contribution in [0, 0.1) is 4.77 Å². The van der Waals surface area contributed by atoms with E-state index in [2.05, 4.69) is 11.5 Å². The average Bonchev–Trinajstić information content (AvgIpc) is 2.93. The van der Waals surface area contributed by atoms with Gasteiger partial charge in [0.15, 0.2) is 10.6 Å². The lowest BCUT2D eigenvalue weighted by Crippen LogP contribution is -2.33. The zero-order chi connectivity index (χ0) is 19.3. The van der Waals surface area contributed by atoms with Crippen molar-refractivity contribution in [1.82, 2.24) is 19.2 Å². The maximum Gasteiger partial charge on any atom is 0.224 e. The van der Waals surface area contributed by atoms with Crippen molar-refractivity contribution in [3.63, 3.8) is 0 Å². The van der Waals surface area contributed by atoms with Crippen LogP contribution in [0.25, 0.3) is 11.4 Å². The number of amides is 1. The Balaban J connectivity index is 2.28. The van der Waals surface area contributed by atoms with Gasteiger partial charge in [-0.15, -0.1) is 0 Å². The number of carbonyl (C=O) groups is 1. The monoisotopic (exact) mass is 394 g/mol. The van der Waals surface area contributed by atoms with Crippen LogP contribution in [0.5, 0.6) is 0 Å². The van der Waals surface area contributed by atoms with E-state index in [0.717, 1.165) is 30.8 Å². The number of unbranched alkanes of at least 4 members (excludes halogenated alkanes) is 1. The van der Waals surface area contributed by atoms with Crippen molar-refractivity contribution in [3.05, 3.63) is 34.1 Å². The molecule has 0 unspecified atom stereocenters. The second-order valence-corrected chi connectivity index (χ2v) is 7.49. The van der Waals surface area contributed by atoms with Gasteiger partial charge in [-0.25, -0.2) is 4.68 Å². The van der Waals surface area contributed by atoms with Gasteiger partial charge in [-0.3, -0.25) is 9.36 Å². The molecule has 7 heteroatoms. The molecule has 1 aromatic carbocycles. The van der Waals surface area contributed by atoms with E-state index in [4.69, 9.17) is 28.9 Å². The molecule has 0 saturated carbocycles. The van der Waals surface area contributed by atoms with Crippen molar-refractivity contribution < 1.29 is 4.79 Å². The molecule has 0 aliphatic carbocycles. The highest BCUT2D eigenvalue weighted by molar-refractivity contribution is 7.71. The van der Waals surface area contributed by atoms with Crippen molar-refractivity contribution in [2.45, 2.75) is 59.2 Å². The van der Waals surface area contributed by atoms with Crippen LogP contribution < -0.4 is 0 Å². The predicted molar refractivity (Wildman–Crippen MR) is 109 cm³/mol. The number of aryl methyl sites for hydroxylation is 1. The summed E-state index contributed by atoms with van der Waals surface area (Å²) in [5.41, 5.74) is 0.973. The molecule has 0 atom stereocenters. The molecule has 0 aliphatic rings. The lowest BCUT2D eigenvalue weighted by Gasteiger charge is -2.21. The maximum atomic E-state index is 12.3. The van der Waals surface area contributed by atoms with E-state index in [-0.39, 0.29) is 11.9 Å². The fraction of sp³-hybridized carbons (Fsp3) is 0.526. The van der Waals surface area contributed by atoms with Gasteiger partial charge in [0, 0.05) is 36.6 Å². The lowest BCUT2D eigenvalue weighted by molar-refractivity contribution is -0.131. The minimum absolute atomic E-state index is 0.0954. The Morgan fingerprint density at radius 3 is 2.50 bits per heavy atom. The number of hydrogen-bond donors (Lipinski definition) is 0. The minimum Gasteiger partial charge on any atom is -0.343 e. The highest BCUT2D eigenvalue weighted by Gasteiger charge is 2.16. The Morgan fingerprint density at radius 2 is 1.92 bits per heavy atom. The van der Waals surface area contributed by atoms with E-state index in [9.17, 15) is 4.79 Å². The first-order valence-corrected chi connectivity index (χ1v) is 9.83. The topological polar surface area (TPSA) is 43.1 Å². The standard InChI is InChI=1S/C19H27ClN4OS/c1-5-6-12-23-18(15-7-9-16(20)10-8-15)21-24(19(23)26)13-11-17(25)22(4)14(2)3/h7-10,14H,5-6,11-13H2,1-4H3. The number of hydrogen-bond acceptors (Lipinski definition) is 3. The summed E-state index contributed by atoms with van der Waals surface area (Å²) in [7, 11) is 1.82. The van der Waals surface area contributed by atoms with E-state index in [0.29, 0.717) is 22.8 Å². The normalized spacial score (nSPS) is 11.2. The summed E-state index contributed by atoms with van der Waals surface area (Å²) in [5.74, 6) is 0.919. The first-order valence-electron chi connectivity index (χ1n) is 9.04. The van der Waals surface area contributed by atoms with E-state index in [1.54, 1.807) is 9.58 Å². The smallest absolute Gasteiger partial charge is 0.224 e. The Hall–Kier alpha value is -1.66. The van der Waals surface area contributed by atoms with Crippen molar-refractivity contribution >= 4 is 29.7 Å². The first-order chi connectivity index (χ1) is 12.3. The molecule has 0 radical (unpaired) electrons. The second kappa shape index (κ2) is 9.33. The molecule has 1 heterocycles. The van der Waals surface area contributed by atoms with Crippen LogP contribution in [-0.2, 0) is 17.9 Å². The van der Waals surface area contributed by atoms with Crippen molar-refractivity contribution in [2.75, 3.05) is 7.05 Å². The van der Waals surface area contributed by atoms with Crippen LogP contribution in [0.2, 0.25) is 5.02 Å². The Labute approximate surface area is 165 Å². The van der Waals surface area contributed by atoms with Crippen molar-refractivity contribution in [1.29, 1.82) is 0 Å². The summed E-state index contributed by atoms with van der Waals surface area (Å²) in [5, 5.41) is 5.39. The summed E-state index contributed by atoms with van der Waals surface area (Å²) < 4.78 is 4.48. The summed E-state index contributed by atoms with van der Waals surface area (Å²) in [6, 6.07) is 7.78. The van der Waals surface area contributed by atoms with Gasteiger partial charge in [0.1, 0.15) is 0 Å². The minimum atomic E-state index is 0.0954. The van der Waals surface area contributed by atoms with Gasteiger partial charge >= 0.3 is 0 Å². The average molecular weight is 395 g/mol. The first kappa shape index (κ1) is 20.6. The molecule has 26 heavy (non-hydrogen) atoms. The lowest BCUT2D eigenvalue weighted by atomic mass is 10.2. The molecule has 1 amide bonds. The molecule has 0 N–H and O–H groups in total. The fourth-order valence-corrected chi connectivity index (χ4v) is 3.02. The summed E-state index contributed by atoms with van der Waals surface area (Å²) in [4.78, 5) is 14.0. The summed E-state index contributed by atoms with van der Waals surface area (Å²) in [6.07, 6.45) is 2.48. The van der Waals surface area contributed by atoms with E-state index in [1.165, 1.54) is 0 Å². The number of carbonyl (C=O) groups excluding carboxylic acids is 1. The molecular formula is C19H27ClN4OS. The van der Waals surface area contributed by atoms with Gasteiger partial charge in [-0.05, 0) is 56.8 Å². The van der Waals surface area contributed by atoms with Gasteiger partial charge in [0.2, 0.25) is 5.91 Å². The third-order valence-electron chi connectivity index (χ3n) is 4.47. The summed E-state index contributed by atoms with van der Waals surface area (Å²) >= 11 is 11.6. The van der Waals surface area contributed by atoms with Crippen LogP contribution in [0.15, 0.2) is 24.3 Å². The quantitative estimate of drug-likeness (QED) is 0.604. The van der Waals surface area contributed by atoms with Crippen LogP contribution in [0.1, 0.15) is 40.0 Å². The molecular weight excluding hydrogens is 368 g/mol. The SMILES string of the molecule is CCCCn1c(-c2ccc(Cl)cc2)nn(CCC(=O)N(C)C(C)C)c1=S. The molecule has 1 aromatic heterocycles. The van der Waals surface area contributed by atoms with Crippen LogP contribution in [-0.4, -0.2) is 38.2 Å². The number of nitrogens with zero attached hydrogens (tertiary/aromatic N) is 4. The number of benzene rings is 1. The Kier molecular flexibility index (Phi) is 7.41. The molecule has 2 rings (SSSR count). The van der Waals surface area contributed by atoms with Gasteiger partial charge < -0.3 is 4.90 Å². The molecule has 0 fully saturated rings. The zero-order valence-electron chi connectivity index (χ0n) is 15.9. The molecule has 0 aliphatic heterocycles. The van der Waals surface area contributed by atoms with Crippen molar-refractivity contribution in [3.8, 4) is 11.4 Å². The Bertz CT molecular complexity index is 795. The van der Waals surface area contributed by atoms with E-state index >= 15 is 0 Å². The highest BCUT2D eigenvalue weighted by atomic mass is 35.5. The highest BCUT2D eigenvalue weighted by Crippen LogP contribution is 2.21. The Morgan fingerprint density at radius 1 is 1.27 bits per heavy atom. The molecule has 0 bridgehead atoms. The maximum absolute atomic E-state index is 12.3. The molecule has 0 spiro atoms. The van der Waals surface area contributed by atoms with Gasteiger partial charge in [0.25, 0.3) is 0 Å². The second-order valence-electron chi connectivity index (χ2n) is 6.69. The third kappa shape index (κ3) is 4.95. The number of halogens is 1. The van der Waals surface area contributed by atoms with Crippen LogP contribution >= 0.6 is 23.8 Å². The van der Waals surface area contributed by atoms with E-state index < -0.39 is 0 Å². The summed E-state index contributed by atoms with van der Waals surface area (Å²) in [6.45, 7) is 7.45. The number of aromatic nitrogens is 3. The molecule has 142 valence electrons. The fourth-order valence-electron chi connectivity index (χ4n) is 2.58. The predicted octanol–water partition coefficient (Wildman–Crippen LogP) is 4.79. The van der Waals surface area contributed by atoms with Crippen LogP contribution in [0.4, 0.5) is 0 Å². The van der Waals surface area contributed by atoms with E-state index in [1.807, 2.05) is 45.2 Å². The zero-order valence-corrected chi connectivity index (χ0v) is 17.5. The number of rotatable bonds is 8. The van der Waals surface area contributed by atoms with Gasteiger partial charge in [0.05, 0.1) is 6.54 Å². The van der Waals surface area contributed by atoms with Gasteiger partial charge in [-0.2, -0.15) is 5.10 Å². The molecule has 5 nitrogen and oxygen atoms in total. The van der Waals surface area contributed by atoms with Crippen molar-refractivity contribution in [2.24, 2.45) is 0 Å².